The Morgan fingerprint density at radius 3 is 2.86 bits per heavy atom. The van der Waals surface area contributed by atoms with Gasteiger partial charge in [-0.05, 0) is 43.2 Å². The van der Waals surface area contributed by atoms with Crippen LogP contribution in [-0.4, -0.2) is 70.9 Å². The highest BCUT2D eigenvalue weighted by Crippen LogP contribution is 2.44. The second-order valence-corrected chi connectivity index (χ2v) is 9.05. The first-order valence-corrected chi connectivity index (χ1v) is 11.4. The third kappa shape index (κ3) is 4.16. The number of hydrogen-bond donors (Lipinski definition) is 3. The van der Waals surface area contributed by atoms with Gasteiger partial charge in [-0.2, -0.15) is 13.2 Å². The first kappa shape index (κ1) is 23.8. The molecular formula is C24H25F3N8O. The van der Waals surface area contributed by atoms with E-state index in [4.69, 9.17) is 10.7 Å². The van der Waals surface area contributed by atoms with E-state index in [0.29, 0.717) is 28.5 Å². The third-order valence-corrected chi connectivity index (χ3v) is 6.58. The molecule has 3 aliphatic rings. The molecule has 1 saturated carbocycles. The number of halogens is 3. The van der Waals surface area contributed by atoms with Gasteiger partial charge in [-0.15, -0.1) is 0 Å². The van der Waals surface area contributed by atoms with E-state index in [1.165, 1.54) is 12.3 Å². The maximum Gasteiger partial charge on any atom is 0.416 e. The van der Waals surface area contributed by atoms with Crippen molar-refractivity contribution < 1.29 is 18.0 Å². The predicted octanol–water partition coefficient (Wildman–Crippen LogP) is 2.42. The van der Waals surface area contributed by atoms with Crippen molar-refractivity contribution in [1.82, 2.24) is 20.2 Å². The lowest BCUT2D eigenvalue weighted by atomic mass is 9.98. The number of amidine groups is 1. The van der Waals surface area contributed by atoms with Crippen LogP contribution in [0.25, 0.3) is 11.0 Å². The summed E-state index contributed by atoms with van der Waals surface area (Å²) in [5.74, 6) is 0.806. The van der Waals surface area contributed by atoms with E-state index in [0.717, 1.165) is 24.1 Å². The number of carbonyl (C=O) groups excluding carboxylic acids is 1. The first-order chi connectivity index (χ1) is 17.1. The van der Waals surface area contributed by atoms with Crippen LogP contribution in [-0.2, 0) is 11.0 Å². The summed E-state index contributed by atoms with van der Waals surface area (Å²) in [6.45, 7) is 2.17. The van der Waals surface area contributed by atoms with Crippen molar-refractivity contribution in [3.63, 3.8) is 0 Å². The molecule has 12 heteroatoms. The molecule has 3 heterocycles. The van der Waals surface area contributed by atoms with Gasteiger partial charge >= 0.3 is 6.18 Å². The van der Waals surface area contributed by atoms with E-state index in [1.807, 2.05) is 20.0 Å². The Kier molecular flexibility index (Phi) is 5.68. The molecule has 0 saturated heterocycles. The van der Waals surface area contributed by atoms with E-state index in [1.54, 1.807) is 11.9 Å². The summed E-state index contributed by atoms with van der Waals surface area (Å²) in [6.07, 6.45) is -0.421. The van der Waals surface area contributed by atoms with Crippen LogP contribution in [0.1, 0.15) is 24.7 Å². The van der Waals surface area contributed by atoms with Gasteiger partial charge in [-0.3, -0.25) is 19.8 Å². The summed E-state index contributed by atoms with van der Waals surface area (Å²) < 4.78 is 39.3. The van der Waals surface area contributed by atoms with Gasteiger partial charge in [0.05, 0.1) is 28.2 Å². The number of carbonyl (C=O) groups is 1. The molecule has 1 amide bonds. The minimum atomic E-state index is -4.44. The minimum absolute atomic E-state index is 0.0531. The summed E-state index contributed by atoms with van der Waals surface area (Å²) in [5, 5.41) is 3.00. The van der Waals surface area contributed by atoms with E-state index >= 15 is 0 Å². The van der Waals surface area contributed by atoms with Crippen molar-refractivity contribution >= 4 is 34.2 Å². The normalized spacial score (nSPS) is 24.8. The van der Waals surface area contributed by atoms with Gasteiger partial charge in [-0.25, -0.2) is 4.98 Å². The van der Waals surface area contributed by atoms with Crippen LogP contribution in [0.3, 0.4) is 0 Å². The summed E-state index contributed by atoms with van der Waals surface area (Å²) in [4.78, 5) is 35.6. The lowest BCUT2D eigenvalue weighted by Crippen LogP contribution is -2.46. The Morgan fingerprint density at radius 2 is 2.17 bits per heavy atom. The van der Waals surface area contributed by atoms with Crippen molar-refractivity contribution in [2.75, 3.05) is 20.8 Å². The molecule has 0 spiro atoms. The van der Waals surface area contributed by atoms with E-state index in [-0.39, 0.29) is 41.8 Å². The number of nitrogens with two attached hydrogens (primary N) is 1. The van der Waals surface area contributed by atoms with Gasteiger partial charge in [0.1, 0.15) is 23.9 Å². The number of rotatable bonds is 4. The predicted molar refractivity (Wildman–Crippen MR) is 131 cm³/mol. The second kappa shape index (κ2) is 8.61. The molecule has 1 aromatic heterocycles. The SMILES string of the molecule is CN=C1/C(=C\N)C(C(=O)N[C@H](C)C2=CC(c3nc4ccc(C(F)(F)F)cc4[nH]3)=NC3CC23)=NCN1C. The monoisotopic (exact) mass is 498 g/mol. The quantitative estimate of drug-likeness (QED) is 0.599. The molecule has 0 bridgehead atoms. The van der Waals surface area contributed by atoms with Gasteiger partial charge in [-0.1, -0.05) is 0 Å². The molecular weight excluding hydrogens is 473 g/mol. The van der Waals surface area contributed by atoms with Gasteiger partial charge in [0.2, 0.25) is 0 Å². The number of benzene rings is 1. The van der Waals surface area contributed by atoms with Crippen LogP contribution in [0.2, 0.25) is 0 Å². The Labute approximate surface area is 204 Å². The standard InChI is InChI=1S/C24H25F3N8O/c1-11(31-23(36)20-15(9-28)22(29-2)35(3)10-30-20)13-7-19(32-17-8-14(13)17)21-33-16-5-4-12(24(25,26)27)6-18(16)34-21/h4-7,9,11,14,17H,8,10,28H2,1-3H3,(H,31,36)(H,33,34)/b15-9-,29-22?/t11-,14?,17?/m1/s1. The van der Waals surface area contributed by atoms with Crippen molar-refractivity contribution in [2.24, 2.45) is 26.6 Å². The number of aliphatic imine (C=N–C) groups is 3. The number of nitrogens with zero attached hydrogens (tertiary/aromatic N) is 5. The average Bonchev–Trinajstić information content (AvgIpc) is 3.50. The largest absolute Gasteiger partial charge is 0.416 e. The summed E-state index contributed by atoms with van der Waals surface area (Å²) in [7, 11) is 3.44. The van der Waals surface area contributed by atoms with Gasteiger partial charge in [0.15, 0.2) is 5.82 Å². The van der Waals surface area contributed by atoms with Crippen LogP contribution in [0, 0.1) is 5.92 Å². The number of allylic oxidation sites excluding steroid dienone is 1. The lowest BCUT2D eigenvalue weighted by Gasteiger charge is -2.27. The van der Waals surface area contributed by atoms with Crippen LogP contribution in [0.4, 0.5) is 13.2 Å². The number of aromatic amines is 1. The summed E-state index contributed by atoms with van der Waals surface area (Å²) in [5.41, 5.74) is 7.95. The molecule has 2 aliphatic heterocycles. The van der Waals surface area contributed by atoms with Crippen molar-refractivity contribution in [3.05, 3.63) is 53.0 Å². The van der Waals surface area contributed by atoms with E-state index in [9.17, 15) is 18.0 Å². The molecule has 9 nitrogen and oxygen atoms in total. The molecule has 1 aromatic carbocycles. The number of nitrogens with one attached hydrogen (secondary N) is 2. The Bertz CT molecular complexity index is 1400. The topological polar surface area (TPSA) is 124 Å². The van der Waals surface area contributed by atoms with Crippen molar-refractivity contribution in [2.45, 2.75) is 31.6 Å². The maximum absolute atomic E-state index is 13.1. The lowest BCUT2D eigenvalue weighted by molar-refractivity contribution is -0.137. The number of hydrogen-bond acceptors (Lipinski definition) is 6. The highest BCUT2D eigenvalue weighted by Gasteiger charge is 2.45. The minimum Gasteiger partial charge on any atom is -0.404 e. The molecule has 2 unspecified atom stereocenters. The Morgan fingerprint density at radius 1 is 1.39 bits per heavy atom. The molecule has 4 N–H and O–H groups in total. The zero-order valence-electron chi connectivity index (χ0n) is 19.9. The molecule has 36 heavy (non-hydrogen) atoms. The Balaban J connectivity index is 1.38. The number of likely N-dealkylation sites (N-methyl/N-ethyl adjacent to an activating group) is 1. The summed E-state index contributed by atoms with van der Waals surface area (Å²) in [6, 6.07) is 3.12. The van der Waals surface area contributed by atoms with Crippen LogP contribution in [0.5, 0.6) is 0 Å². The van der Waals surface area contributed by atoms with Gasteiger partial charge < -0.3 is 20.9 Å². The van der Waals surface area contributed by atoms with Crippen LogP contribution in [0.15, 0.2) is 56.6 Å². The summed E-state index contributed by atoms with van der Waals surface area (Å²) >= 11 is 0. The van der Waals surface area contributed by atoms with Crippen molar-refractivity contribution in [3.8, 4) is 0 Å². The molecule has 0 radical (unpaired) electrons. The zero-order chi connectivity index (χ0) is 25.8. The number of amides is 1. The molecule has 188 valence electrons. The number of fused-ring (bicyclic) bond motifs is 2. The molecule has 3 atom stereocenters. The van der Waals surface area contributed by atoms with Crippen molar-refractivity contribution in [1.29, 1.82) is 0 Å². The average molecular weight is 499 g/mol. The number of H-pyrrole nitrogens is 1. The number of dihydropyridines is 1. The zero-order valence-corrected chi connectivity index (χ0v) is 19.9. The number of alkyl halides is 3. The smallest absolute Gasteiger partial charge is 0.404 e. The fraction of sp³-hybridized carbons (Fsp3) is 0.375. The second-order valence-electron chi connectivity index (χ2n) is 9.05. The first-order valence-electron chi connectivity index (χ1n) is 11.4. The Hall–Kier alpha value is -3.96. The van der Waals surface area contributed by atoms with Crippen LogP contribution < -0.4 is 11.1 Å². The van der Waals surface area contributed by atoms with Gasteiger partial charge in [0, 0.05) is 32.3 Å². The highest BCUT2D eigenvalue weighted by atomic mass is 19.4. The molecule has 1 aliphatic carbocycles. The van der Waals surface area contributed by atoms with Crippen LogP contribution >= 0.6 is 0 Å². The fourth-order valence-electron chi connectivity index (χ4n) is 4.67. The fourth-order valence-corrected chi connectivity index (χ4v) is 4.67. The van der Waals surface area contributed by atoms with E-state index < -0.39 is 11.7 Å². The molecule has 2 aromatic rings. The maximum atomic E-state index is 13.1. The highest BCUT2D eigenvalue weighted by molar-refractivity contribution is 6.52. The number of aromatic nitrogens is 2. The van der Waals surface area contributed by atoms with E-state index in [2.05, 4.69) is 25.3 Å². The van der Waals surface area contributed by atoms with Gasteiger partial charge in [0.25, 0.3) is 5.91 Å². The molecule has 5 rings (SSSR count). The molecule has 1 fully saturated rings. The third-order valence-electron chi connectivity index (χ3n) is 6.58. The number of imidazole rings is 1.